The van der Waals surface area contributed by atoms with Crippen LogP contribution in [-0.2, 0) is 44.1 Å². The minimum atomic E-state index is -4.83. The summed E-state index contributed by atoms with van der Waals surface area (Å²) in [5.41, 5.74) is -1.71. The quantitative estimate of drug-likeness (QED) is 0.0229. The minimum absolute atomic E-state index is 0.0243. The van der Waals surface area contributed by atoms with Gasteiger partial charge in [0.05, 0.1) is 42.6 Å². The second kappa shape index (κ2) is 24.5. The van der Waals surface area contributed by atoms with Crippen LogP contribution < -0.4 is 18.5 Å². The largest absolute Gasteiger partial charge is 0.510 e. The number of para-hydroxylation sites is 2. The Balaban J connectivity index is 1.83. The Labute approximate surface area is 375 Å². The van der Waals surface area contributed by atoms with Gasteiger partial charge in [0, 0.05) is 18.8 Å². The first-order valence-corrected chi connectivity index (χ1v) is 21.7. The van der Waals surface area contributed by atoms with Crippen LogP contribution in [0.25, 0.3) is 11.6 Å². The van der Waals surface area contributed by atoms with Crippen molar-refractivity contribution in [2.75, 3.05) is 44.4 Å². The highest BCUT2D eigenvalue weighted by Crippen LogP contribution is 2.46. The molecule has 0 aliphatic rings. The smallest absolute Gasteiger partial charge is 0.493 e. The standard InChI is InChI=1S/C41H55N7O16S/c1-40(2,3)29-18-20-30(21-19-29)65(55,56)46(41(4,5)64-39(50)60-24-12-13-26-62-48(53)54)37-34(63-32-16-10-9-15-31(32)57-6)38(45-36(44-37)35-42-22-14-23-43-35)59-28-27-58-33(49)17-8-7-11-25-61-47(51)52/h9-10,14-16,18-23,51-54H,7-8,11-13,17,24-28H2,1-6H3. The number of ether oxygens (including phenoxy) is 6. The molecule has 2 heterocycles. The first-order valence-electron chi connectivity index (χ1n) is 20.3. The van der Waals surface area contributed by atoms with Crippen LogP contribution in [0.1, 0.15) is 78.7 Å². The van der Waals surface area contributed by atoms with Crippen molar-refractivity contribution in [3.63, 3.8) is 0 Å². The summed E-state index contributed by atoms with van der Waals surface area (Å²) >= 11 is 0. The molecule has 4 N–H and O–H groups in total. The van der Waals surface area contributed by atoms with Gasteiger partial charge in [-0.05, 0) is 80.8 Å². The molecule has 0 aliphatic heterocycles. The highest BCUT2D eigenvalue weighted by Gasteiger charge is 2.45. The molecule has 0 fully saturated rings. The normalized spacial score (nSPS) is 11.9. The predicted molar refractivity (Wildman–Crippen MR) is 224 cm³/mol. The molecule has 2 aromatic carbocycles. The van der Waals surface area contributed by atoms with Crippen molar-refractivity contribution in [2.45, 2.75) is 89.2 Å². The molecular weight excluding hydrogens is 879 g/mol. The molecule has 65 heavy (non-hydrogen) atoms. The Morgan fingerprint density at radius 2 is 1.31 bits per heavy atom. The fourth-order valence-electron chi connectivity index (χ4n) is 5.80. The van der Waals surface area contributed by atoms with Crippen LogP contribution in [0.3, 0.4) is 0 Å². The van der Waals surface area contributed by atoms with Crippen LogP contribution in [0.15, 0.2) is 71.9 Å². The van der Waals surface area contributed by atoms with E-state index < -0.39 is 44.8 Å². The molecule has 23 nitrogen and oxygen atoms in total. The van der Waals surface area contributed by atoms with Gasteiger partial charge in [0.2, 0.25) is 11.6 Å². The lowest BCUT2D eigenvalue weighted by Crippen LogP contribution is -2.51. The number of sulfonamides is 1. The Kier molecular flexibility index (Phi) is 19.5. The van der Waals surface area contributed by atoms with Gasteiger partial charge < -0.3 is 28.4 Å². The molecule has 4 aromatic rings. The number of hydrogen-bond donors (Lipinski definition) is 4. The van der Waals surface area contributed by atoms with Gasteiger partial charge in [-0.1, -0.05) is 51.5 Å². The van der Waals surface area contributed by atoms with Gasteiger partial charge in [0.25, 0.3) is 15.9 Å². The van der Waals surface area contributed by atoms with Crippen LogP contribution in [-0.4, -0.2) is 118 Å². The van der Waals surface area contributed by atoms with E-state index in [1.807, 2.05) is 20.8 Å². The van der Waals surface area contributed by atoms with Crippen molar-refractivity contribution in [2.24, 2.45) is 0 Å². The average molecular weight is 934 g/mol. The molecule has 0 saturated carbocycles. The fraction of sp³-hybridized carbons (Fsp3) is 0.463. The van der Waals surface area contributed by atoms with E-state index >= 15 is 8.42 Å². The number of anilines is 1. The van der Waals surface area contributed by atoms with Crippen LogP contribution in [0.5, 0.6) is 23.1 Å². The Hall–Kier alpha value is -5.83. The van der Waals surface area contributed by atoms with E-state index in [1.165, 1.54) is 51.6 Å². The molecule has 4 rings (SSSR count). The zero-order valence-corrected chi connectivity index (χ0v) is 37.7. The molecule has 0 bridgehead atoms. The number of hydrogen-bond acceptors (Lipinski definition) is 22. The highest BCUT2D eigenvalue weighted by atomic mass is 32.2. The van der Waals surface area contributed by atoms with E-state index in [2.05, 4.69) is 29.6 Å². The zero-order chi connectivity index (χ0) is 47.6. The van der Waals surface area contributed by atoms with Crippen molar-refractivity contribution in [3.8, 4) is 34.8 Å². The van der Waals surface area contributed by atoms with Gasteiger partial charge in [-0.3, -0.25) is 35.3 Å². The first kappa shape index (κ1) is 51.8. The lowest BCUT2D eigenvalue weighted by Gasteiger charge is -2.37. The summed E-state index contributed by atoms with van der Waals surface area (Å²) in [7, 11) is -3.44. The minimum Gasteiger partial charge on any atom is -0.493 e. The Morgan fingerprint density at radius 3 is 1.92 bits per heavy atom. The number of rotatable bonds is 26. The maximum atomic E-state index is 15.2. The lowest BCUT2D eigenvalue weighted by molar-refractivity contribution is -0.492. The zero-order valence-electron chi connectivity index (χ0n) is 36.9. The topological polar surface area (TPSA) is 284 Å². The number of carbonyl (C=O) groups excluding carboxylic acids is 2. The number of nitrogens with zero attached hydrogens (tertiary/aromatic N) is 7. The second-order valence-electron chi connectivity index (χ2n) is 15.3. The molecule has 0 unspecified atom stereocenters. The van der Waals surface area contributed by atoms with Gasteiger partial charge in [0.15, 0.2) is 28.9 Å². The summed E-state index contributed by atoms with van der Waals surface area (Å²) in [5.74, 6) is -1.87. The summed E-state index contributed by atoms with van der Waals surface area (Å²) in [5, 5.41) is 34.0. The van der Waals surface area contributed by atoms with Crippen molar-refractivity contribution in [1.29, 1.82) is 0 Å². The average Bonchev–Trinajstić information content (AvgIpc) is 3.25. The number of carbonyl (C=O) groups is 2. The van der Waals surface area contributed by atoms with E-state index in [0.717, 1.165) is 5.56 Å². The molecule has 0 radical (unpaired) electrons. The molecule has 0 atom stereocenters. The lowest BCUT2D eigenvalue weighted by atomic mass is 9.87. The molecule has 0 spiro atoms. The third-order valence-electron chi connectivity index (χ3n) is 8.92. The first-order chi connectivity index (χ1) is 30.8. The third kappa shape index (κ3) is 16.0. The molecule has 0 saturated heterocycles. The predicted octanol–water partition coefficient (Wildman–Crippen LogP) is 6.40. The summed E-state index contributed by atoms with van der Waals surface area (Å²) in [6.45, 7) is 7.55. The molecule has 0 amide bonds. The summed E-state index contributed by atoms with van der Waals surface area (Å²) in [4.78, 5) is 52.5. The van der Waals surface area contributed by atoms with E-state index in [9.17, 15) is 9.59 Å². The molecular formula is C41H55N7O16S. The van der Waals surface area contributed by atoms with Crippen LogP contribution >= 0.6 is 0 Å². The van der Waals surface area contributed by atoms with Crippen molar-refractivity contribution in [1.82, 2.24) is 30.7 Å². The summed E-state index contributed by atoms with van der Waals surface area (Å²) in [6.07, 6.45) is 3.43. The number of methoxy groups -OCH3 is 1. The SMILES string of the molecule is COc1ccccc1Oc1c(OCCOC(=O)CCCCCON(O)O)nc(-c2ncccn2)nc1N(C(C)(C)OC(=O)OCCCCON(O)O)S(=O)(=O)c1ccc(C(C)(C)C)cc1. The van der Waals surface area contributed by atoms with E-state index in [0.29, 0.717) is 23.6 Å². The van der Waals surface area contributed by atoms with Crippen molar-refractivity contribution < 1.29 is 76.9 Å². The monoisotopic (exact) mass is 933 g/mol. The number of esters is 1. The van der Waals surface area contributed by atoms with Gasteiger partial charge in [0.1, 0.15) is 13.2 Å². The molecule has 0 aliphatic carbocycles. The highest BCUT2D eigenvalue weighted by molar-refractivity contribution is 7.92. The third-order valence-corrected chi connectivity index (χ3v) is 10.9. The van der Waals surface area contributed by atoms with Gasteiger partial charge >= 0.3 is 12.1 Å². The number of unbranched alkanes of at least 4 members (excludes halogenated alkanes) is 3. The van der Waals surface area contributed by atoms with Gasteiger partial charge in [-0.2, -0.15) is 4.98 Å². The van der Waals surface area contributed by atoms with Gasteiger partial charge in [-0.25, -0.2) is 32.5 Å². The summed E-state index contributed by atoms with van der Waals surface area (Å²) < 4.78 is 65.7. The second-order valence-corrected chi connectivity index (χ2v) is 17.1. The fourth-order valence-corrected chi connectivity index (χ4v) is 7.46. The molecule has 2 aromatic heterocycles. The molecule has 24 heteroatoms. The number of benzene rings is 2. The summed E-state index contributed by atoms with van der Waals surface area (Å²) in [6, 6.07) is 14.1. The van der Waals surface area contributed by atoms with E-state index in [1.54, 1.807) is 36.4 Å². The Morgan fingerprint density at radius 1 is 0.692 bits per heavy atom. The maximum Gasteiger partial charge on any atom is 0.510 e. The van der Waals surface area contributed by atoms with E-state index in [-0.39, 0.29) is 97.0 Å². The van der Waals surface area contributed by atoms with E-state index in [4.69, 9.17) is 49.3 Å². The van der Waals surface area contributed by atoms with Crippen molar-refractivity contribution in [3.05, 3.63) is 72.6 Å². The van der Waals surface area contributed by atoms with Crippen LogP contribution in [0.2, 0.25) is 0 Å². The van der Waals surface area contributed by atoms with Crippen LogP contribution in [0.4, 0.5) is 10.6 Å². The maximum absolute atomic E-state index is 15.2. The molecule has 356 valence electrons. The van der Waals surface area contributed by atoms with Gasteiger partial charge in [-0.15, -0.1) is 0 Å². The van der Waals surface area contributed by atoms with Crippen LogP contribution in [0, 0.1) is 0 Å². The number of aromatic nitrogens is 4. The Bertz CT molecular complexity index is 2230. The van der Waals surface area contributed by atoms with Crippen molar-refractivity contribution >= 4 is 28.0 Å².